The topological polar surface area (TPSA) is 66.2 Å². The molecule has 0 radical (unpaired) electrons. The highest BCUT2D eigenvalue weighted by Crippen LogP contribution is 2.26. The molecule has 1 aromatic heterocycles. The number of esters is 1. The van der Waals surface area contributed by atoms with E-state index in [1.165, 1.54) is 11.8 Å². The average Bonchev–Trinajstić information content (AvgIpc) is 2.96. The van der Waals surface area contributed by atoms with E-state index in [4.69, 9.17) is 9.47 Å². The lowest BCUT2D eigenvalue weighted by Crippen LogP contribution is -2.08. The van der Waals surface area contributed by atoms with Gasteiger partial charge in [0.25, 0.3) is 0 Å². The lowest BCUT2D eigenvalue weighted by Gasteiger charge is -2.08. The summed E-state index contributed by atoms with van der Waals surface area (Å²) in [7, 11) is 1.63. The average molecular weight is 321 g/mol. The van der Waals surface area contributed by atoms with Crippen LogP contribution in [0.4, 0.5) is 0 Å². The third-order valence-electron chi connectivity index (χ3n) is 2.99. The van der Waals surface area contributed by atoms with Crippen LogP contribution in [0.2, 0.25) is 0 Å². The van der Waals surface area contributed by atoms with Crippen molar-refractivity contribution in [1.82, 2.24) is 14.8 Å². The second-order valence-electron chi connectivity index (χ2n) is 4.38. The predicted octanol–water partition coefficient (Wildman–Crippen LogP) is 2.63. The molecule has 2 rings (SSSR count). The highest BCUT2D eigenvalue weighted by Gasteiger charge is 2.15. The molecule has 0 aliphatic carbocycles. The summed E-state index contributed by atoms with van der Waals surface area (Å²) in [4.78, 5) is 11.5. The van der Waals surface area contributed by atoms with Gasteiger partial charge in [-0.2, -0.15) is 0 Å². The Labute approximate surface area is 133 Å². The van der Waals surface area contributed by atoms with Crippen LogP contribution in [0.3, 0.4) is 0 Å². The Morgan fingerprint density at radius 1 is 1.32 bits per heavy atom. The van der Waals surface area contributed by atoms with Gasteiger partial charge >= 0.3 is 5.97 Å². The van der Waals surface area contributed by atoms with Crippen molar-refractivity contribution in [2.24, 2.45) is 0 Å². The highest BCUT2D eigenvalue weighted by molar-refractivity contribution is 7.99. The lowest BCUT2D eigenvalue weighted by molar-refractivity contribution is -0.139. The van der Waals surface area contributed by atoms with E-state index in [-0.39, 0.29) is 11.7 Å². The maximum Gasteiger partial charge on any atom is 0.316 e. The van der Waals surface area contributed by atoms with Gasteiger partial charge in [0.15, 0.2) is 11.0 Å². The van der Waals surface area contributed by atoms with E-state index < -0.39 is 0 Å². The first-order valence-electron chi connectivity index (χ1n) is 7.05. The SMILES string of the molecule is CCOC(=O)CSc1nnc(-c2cccc(OC)c2)n1CC. The van der Waals surface area contributed by atoms with E-state index in [1.54, 1.807) is 14.0 Å². The Kier molecular flexibility index (Phi) is 5.83. The number of thioether (sulfide) groups is 1. The van der Waals surface area contributed by atoms with Gasteiger partial charge in [0.2, 0.25) is 0 Å². The summed E-state index contributed by atoms with van der Waals surface area (Å²) >= 11 is 1.33. The van der Waals surface area contributed by atoms with Crippen LogP contribution in [0.1, 0.15) is 13.8 Å². The van der Waals surface area contributed by atoms with Gasteiger partial charge in [0, 0.05) is 12.1 Å². The zero-order valence-corrected chi connectivity index (χ0v) is 13.7. The largest absolute Gasteiger partial charge is 0.497 e. The Bertz CT molecular complexity index is 643. The van der Waals surface area contributed by atoms with Crippen molar-refractivity contribution in [2.75, 3.05) is 19.5 Å². The van der Waals surface area contributed by atoms with Crippen LogP contribution in [0.5, 0.6) is 5.75 Å². The van der Waals surface area contributed by atoms with Crippen molar-refractivity contribution >= 4 is 17.7 Å². The molecule has 0 saturated carbocycles. The standard InChI is InChI=1S/C15H19N3O3S/c1-4-18-14(11-7-6-8-12(9-11)20-3)16-17-15(18)22-10-13(19)21-5-2/h6-9H,4-5,10H2,1-3H3. The molecule has 0 unspecified atom stereocenters. The van der Waals surface area contributed by atoms with Gasteiger partial charge in [-0.1, -0.05) is 23.9 Å². The van der Waals surface area contributed by atoms with E-state index in [1.807, 2.05) is 35.8 Å². The number of ether oxygens (including phenoxy) is 2. The zero-order chi connectivity index (χ0) is 15.9. The van der Waals surface area contributed by atoms with Crippen molar-refractivity contribution in [3.05, 3.63) is 24.3 Å². The Balaban J connectivity index is 2.21. The van der Waals surface area contributed by atoms with Crippen molar-refractivity contribution in [2.45, 2.75) is 25.5 Å². The van der Waals surface area contributed by atoms with Gasteiger partial charge in [-0.25, -0.2) is 0 Å². The molecule has 0 atom stereocenters. The molecule has 2 aromatic rings. The Morgan fingerprint density at radius 3 is 2.82 bits per heavy atom. The zero-order valence-electron chi connectivity index (χ0n) is 12.9. The maximum atomic E-state index is 11.5. The van der Waals surface area contributed by atoms with Crippen LogP contribution in [0.25, 0.3) is 11.4 Å². The molecule has 7 heteroatoms. The van der Waals surface area contributed by atoms with Gasteiger partial charge in [0.1, 0.15) is 5.75 Å². The van der Waals surface area contributed by atoms with Gasteiger partial charge in [-0.3, -0.25) is 4.79 Å². The highest BCUT2D eigenvalue weighted by atomic mass is 32.2. The first kappa shape index (κ1) is 16.4. The summed E-state index contributed by atoms with van der Waals surface area (Å²) in [5.74, 6) is 1.50. The number of carbonyl (C=O) groups is 1. The van der Waals surface area contributed by atoms with Gasteiger partial charge in [-0.15, -0.1) is 10.2 Å². The summed E-state index contributed by atoms with van der Waals surface area (Å²) in [5, 5.41) is 9.12. The van der Waals surface area contributed by atoms with Crippen molar-refractivity contribution in [1.29, 1.82) is 0 Å². The molecule has 0 aliphatic rings. The summed E-state index contributed by atoms with van der Waals surface area (Å²) in [6.45, 7) is 4.90. The first-order valence-corrected chi connectivity index (χ1v) is 8.04. The number of carbonyl (C=O) groups excluding carboxylic acids is 1. The fourth-order valence-electron chi connectivity index (χ4n) is 1.98. The van der Waals surface area contributed by atoms with Crippen molar-refractivity contribution < 1.29 is 14.3 Å². The molecule has 0 spiro atoms. The van der Waals surface area contributed by atoms with Crippen LogP contribution in [0, 0.1) is 0 Å². The minimum absolute atomic E-state index is 0.226. The molecule has 118 valence electrons. The minimum atomic E-state index is -0.249. The fraction of sp³-hybridized carbons (Fsp3) is 0.400. The molecule has 1 heterocycles. The summed E-state index contributed by atoms with van der Waals surface area (Å²) in [5.41, 5.74) is 0.927. The third kappa shape index (κ3) is 3.79. The van der Waals surface area contributed by atoms with E-state index in [9.17, 15) is 4.79 Å². The van der Waals surface area contributed by atoms with E-state index in [2.05, 4.69) is 10.2 Å². The molecule has 6 nitrogen and oxygen atoms in total. The molecule has 0 bridgehead atoms. The summed E-state index contributed by atoms with van der Waals surface area (Å²) in [6.07, 6.45) is 0. The van der Waals surface area contributed by atoms with E-state index >= 15 is 0 Å². The molecular formula is C15H19N3O3S. The molecule has 22 heavy (non-hydrogen) atoms. The Morgan fingerprint density at radius 2 is 2.14 bits per heavy atom. The second kappa shape index (κ2) is 7.84. The maximum absolute atomic E-state index is 11.5. The predicted molar refractivity (Wildman–Crippen MR) is 85.0 cm³/mol. The smallest absolute Gasteiger partial charge is 0.316 e. The fourth-order valence-corrected chi connectivity index (χ4v) is 2.78. The van der Waals surface area contributed by atoms with Crippen molar-refractivity contribution in [3.63, 3.8) is 0 Å². The number of hydrogen-bond acceptors (Lipinski definition) is 6. The molecular weight excluding hydrogens is 302 g/mol. The number of aromatic nitrogens is 3. The number of rotatable bonds is 7. The summed E-state index contributed by atoms with van der Waals surface area (Å²) < 4.78 is 12.1. The van der Waals surface area contributed by atoms with Crippen molar-refractivity contribution in [3.8, 4) is 17.1 Å². The number of benzene rings is 1. The number of methoxy groups -OCH3 is 1. The van der Waals surface area contributed by atoms with Gasteiger partial charge in [-0.05, 0) is 26.0 Å². The molecule has 0 fully saturated rings. The molecule has 1 aromatic carbocycles. The molecule has 0 aliphatic heterocycles. The third-order valence-corrected chi connectivity index (χ3v) is 3.93. The van der Waals surface area contributed by atoms with Crippen LogP contribution >= 0.6 is 11.8 Å². The summed E-state index contributed by atoms with van der Waals surface area (Å²) in [6, 6.07) is 7.66. The van der Waals surface area contributed by atoms with Gasteiger partial charge < -0.3 is 14.0 Å². The van der Waals surface area contributed by atoms with Crippen LogP contribution < -0.4 is 4.74 Å². The lowest BCUT2D eigenvalue weighted by atomic mass is 10.2. The quantitative estimate of drug-likeness (QED) is 0.577. The Hall–Kier alpha value is -2.02. The molecule has 0 saturated heterocycles. The number of nitrogens with zero attached hydrogens (tertiary/aromatic N) is 3. The molecule has 0 amide bonds. The minimum Gasteiger partial charge on any atom is -0.497 e. The van der Waals surface area contributed by atoms with E-state index in [0.717, 1.165) is 17.1 Å². The molecule has 0 N–H and O–H groups in total. The van der Waals surface area contributed by atoms with Crippen LogP contribution in [0.15, 0.2) is 29.4 Å². The van der Waals surface area contributed by atoms with E-state index in [0.29, 0.717) is 18.3 Å². The monoisotopic (exact) mass is 321 g/mol. The normalized spacial score (nSPS) is 10.5. The van der Waals surface area contributed by atoms with Crippen LogP contribution in [-0.4, -0.2) is 40.2 Å². The van der Waals surface area contributed by atoms with Crippen LogP contribution in [-0.2, 0) is 16.1 Å². The first-order chi connectivity index (χ1) is 10.7. The second-order valence-corrected chi connectivity index (χ2v) is 5.32. The number of hydrogen-bond donors (Lipinski definition) is 0. The van der Waals surface area contributed by atoms with Gasteiger partial charge in [0.05, 0.1) is 19.5 Å².